The van der Waals surface area contributed by atoms with Gasteiger partial charge in [-0.05, 0) is 61.9 Å². The standard InChI is InChI=1S/C30H35N3O3S/c1-4-32(3)30(35)26-19-37-27(31-26)18-36-24-14-13-21-15-16-33(29(34)23-7-5-6-8-23)28(25(21)17-24)22-11-9-20(2)10-12-22/h9-14,17,19,23,28H,4-8,15-16,18H2,1-3H3/t28-/m0/s1. The van der Waals surface area contributed by atoms with Gasteiger partial charge in [0.1, 0.15) is 23.1 Å². The first-order valence-electron chi connectivity index (χ1n) is 13.3. The average Bonchev–Trinajstić information content (AvgIpc) is 3.63. The second-order valence-electron chi connectivity index (χ2n) is 10.2. The van der Waals surface area contributed by atoms with E-state index in [0.717, 1.165) is 60.5 Å². The molecule has 0 spiro atoms. The molecule has 194 valence electrons. The molecule has 3 aromatic rings. The van der Waals surface area contributed by atoms with Crippen molar-refractivity contribution in [2.75, 3.05) is 20.1 Å². The fraction of sp³-hybridized carbons (Fsp3) is 0.433. The van der Waals surface area contributed by atoms with Gasteiger partial charge in [0.25, 0.3) is 5.91 Å². The first-order valence-corrected chi connectivity index (χ1v) is 14.1. The van der Waals surface area contributed by atoms with E-state index in [0.29, 0.717) is 18.8 Å². The fourth-order valence-corrected chi connectivity index (χ4v) is 6.07. The normalized spacial score (nSPS) is 17.5. The van der Waals surface area contributed by atoms with Gasteiger partial charge in [-0.2, -0.15) is 0 Å². The van der Waals surface area contributed by atoms with Crippen molar-refractivity contribution in [3.05, 3.63) is 80.8 Å². The van der Waals surface area contributed by atoms with Gasteiger partial charge in [0.05, 0.1) is 6.04 Å². The number of aromatic nitrogens is 1. The number of hydrogen-bond donors (Lipinski definition) is 0. The Kier molecular flexibility index (Phi) is 7.60. The number of fused-ring (bicyclic) bond motifs is 1. The largest absolute Gasteiger partial charge is 0.486 e. The summed E-state index contributed by atoms with van der Waals surface area (Å²) in [6.07, 6.45) is 5.13. The van der Waals surface area contributed by atoms with E-state index in [1.165, 1.54) is 22.5 Å². The van der Waals surface area contributed by atoms with Gasteiger partial charge in [0.2, 0.25) is 5.91 Å². The number of amides is 2. The SMILES string of the molecule is CCN(C)C(=O)c1csc(COc2ccc3c(c2)[C@H](c2ccc(C)cc2)N(C(=O)C2CCCC2)CC3)n1. The number of thiazole rings is 1. The minimum atomic E-state index is -0.116. The van der Waals surface area contributed by atoms with E-state index >= 15 is 0 Å². The minimum Gasteiger partial charge on any atom is -0.486 e. The summed E-state index contributed by atoms with van der Waals surface area (Å²) in [6, 6.07) is 14.7. The second kappa shape index (κ2) is 11.1. The molecular formula is C30H35N3O3S. The number of nitrogens with zero attached hydrogens (tertiary/aromatic N) is 3. The molecule has 37 heavy (non-hydrogen) atoms. The molecule has 1 aromatic heterocycles. The highest BCUT2D eigenvalue weighted by Gasteiger charge is 2.36. The van der Waals surface area contributed by atoms with Crippen LogP contribution in [-0.2, 0) is 17.8 Å². The number of carbonyl (C=O) groups excluding carboxylic acids is 2. The van der Waals surface area contributed by atoms with Gasteiger partial charge in [0.15, 0.2) is 0 Å². The average molecular weight is 518 g/mol. The summed E-state index contributed by atoms with van der Waals surface area (Å²) in [5, 5.41) is 2.55. The van der Waals surface area contributed by atoms with Crippen molar-refractivity contribution in [2.45, 2.75) is 58.6 Å². The maximum Gasteiger partial charge on any atom is 0.273 e. The predicted octanol–water partition coefficient (Wildman–Crippen LogP) is 5.79. The van der Waals surface area contributed by atoms with Crippen LogP contribution in [0.4, 0.5) is 0 Å². The lowest BCUT2D eigenvalue weighted by Crippen LogP contribution is -2.43. The summed E-state index contributed by atoms with van der Waals surface area (Å²) in [5.74, 6) is 1.10. The molecular weight excluding hydrogens is 482 g/mol. The third kappa shape index (κ3) is 5.42. The Balaban J connectivity index is 1.40. The van der Waals surface area contributed by atoms with Gasteiger partial charge in [-0.3, -0.25) is 9.59 Å². The highest BCUT2D eigenvalue weighted by Crippen LogP contribution is 2.40. The number of aryl methyl sites for hydroxylation is 1. The molecule has 2 aliphatic rings. The van der Waals surface area contributed by atoms with Crippen molar-refractivity contribution in [1.29, 1.82) is 0 Å². The third-order valence-electron chi connectivity index (χ3n) is 7.68. The van der Waals surface area contributed by atoms with Crippen LogP contribution in [0, 0.1) is 12.8 Å². The van der Waals surface area contributed by atoms with Crippen LogP contribution in [0.25, 0.3) is 0 Å². The molecule has 0 unspecified atom stereocenters. The smallest absolute Gasteiger partial charge is 0.273 e. The summed E-state index contributed by atoms with van der Waals surface area (Å²) in [7, 11) is 1.77. The molecule has 1 aliphatic heterocycles. The number of benzene rings is 2. The van der Waals surface area contributed by atoms with Crippen molar-refractivity contribution >= 4 is 23.2 Å². The lowest BCUT2D eigenvalue weighted by molar-refractivity contribution is -0.137. The Labute approximate surface area is 223 Å². The van der Waals surface area contributed by atoms with Crippen molar-refractivity contribution in [3.63, 3.8) is 0 Å². The number of rotatable bonds is 7. The highest BCUT2D eigenvalue weighted by atomic mass is 32.1. The Morgan fingerprint density at radius 3 is 2.62 bits per heavy atom. The quantitative estimate of drug-likeness (QED) is 0.398. The lowest BCUT2D eigenvalue weighted by atomic mass is 9.86. The minimum absolute atomic E-state index is 0.0771. The molecule has 2 amide bonds. The van der Waals surface area contributed by atoms with E-state index in [-0.39, 0.29) is 23.8 Å². The summed E-state index contributed by atoms with van der Waals surface area (Å²) in [4.78, 5) is 34.3. The maximum atomic E-state index is 13.6. The van der Waals surface area contributed by atoms with E-state index in [2.05, 4.69) is 53.2 Å². The maximum absolute atomic E-state index is 13.6. The molecule has 1 saturated carbocycles. The Bertz CT molecular complexity index is 1260. The van der Waals surface area contributed by atoms with Gasteiger partial charge in [-0.15, -0.1) is 11.3 Å². The van der Waals surface area contributed by atoms with Gasteiger partial charge >= 0.3 is 0 Å². The molecule has 1 fully saturated rings. The van der Waals surface area contributed by atoms with Crippen LogP contribution < -0.4 is 4.74 Å². The molecule has 0 bridgehead atoms. The van der Waals surface area contributed by atoms with E-state index in [4.69, 9.17) is 4.74 Å². The summed E-state index contributed by atoms with van der Waals surface area (Å²) in [6.45, 7) is 5.70. The van der Waals surface area contributed by atoms with E-state index in [1.54, 1.807) is 17.3 Å². The highest BCUT2D eigenvalue weighted by molar-refractivity contribution is 7.09. The molecule has 0 N–H and O–H groups in total. The van der Waals surface area contributed by atoms with Crippen LogP contribution in [0.15, 0.2) is 47.8 Å². The van der Waals surface area contributed by atoms with Crippen molar-refractivity contribution in [1.82, 2.24) is 14.8 Å². The van der Waals surface area contributed by atoms with Crippen LogP contribution in [0.5, 0.6) is 5.75 Å². The molecule has 2 heterocycles. The second-order valence-corrected chi connectivity index (χ2v) is 11.1. The van der Waals surface area contributed by atoms with Crippen molar-refractivity contribution in [3.8, 4) is 5.75 Å². The van der Waals surface area contributed by atoms with Crippen molar-refractivity contribution < 1.29 is 14.3 Å². The van der Waals surface area contributed by atoms with E-state index < -0.39 is 0 Å². The van der Waals surface area contributed by atoms with Crippen LogP contribution in [0.2, 0.25) is 0 Å². The molecule has 5 rings (SSSR count). The fourth-order valence-electron chi connectivity index (χ4n) is 5.40. The number of hydrogen-bond acceptors (Lipinski definition) is 5. The van der Waals surface area contributed by atoms with Crippen LogP contribution in [-0.4, -0.2) is 46.7 Å². The van der Waals surface area contributed by atoms with Gasteiger partial charge in [-0.1, -0.05) is 48.7 Å². The Morgan fingerprint density at radius 2 is 1.89 bits per heavy atom. The van der Waals surface area contributed by atoms with E-state index in [9.17, 15) is 9.59 Å². The molecule has 1 aliphatic carbocycles. The predicted molar refractivity (Wildman–Crippen MR) is 146 cm³/mol. The molecule has 1 atom stereocenters. The molecule has 2 aromatic carbocycles. The number of ether oxygens (including phenoxy) is 1. The summed E-state index contributed by atoms with van der Waals surface area (Å²) in [5.41, 5.74) is 5.20. The third-order valence-corrected chi connectivity index (χ3v) is 8.50. The zero-order chi connectivity index (χ0) is 25.9. The zero-order valence-electron chi connectivity index (χ0n) is 21.9. The summed E-state index contributed by atoms with van der Waals surface area (Å²) < 4.78 is 6.16. The van der Waals surface area contributed by atoms with Crippen LogP contribution in [0.3, 0.4) is 0 Å². The molecule has 7 heteroatoms. The first-order chi connectivity index (χ1) is 17.9. The summed E-state index contributed by atoms with van der Waals surface area (Å²) >= 11 is 1.43. The molecule has 0 radical (unpaired) electrons. The van der Waals surface area contributed by atoms with E-state index in [1.807, 2.05) is 13.0 Å². The van der Waals surface area contributed by atoms with Crippen LogP contribution >= 0.6 is 11.3 Å². The Morgan fingerprint density at radius 1 is 1.14 bits per heavy atom. The first kappa shape index (κ1) is 25.5. The lowest BCUT2D eigenvalue weighted by Gasteiger charge is -2.39. The number of carbonyl (C=O) groups is 2. The monoisotopic (exact) mass is 517 g/mol. The van der Waals surface area contributed by atoms with Crippen molar-refractivity contribution in [2.24, 2.45) is 5.92 Å². The zero-order valence-corrected chi connectivity index (χ0v) is 22.7. The molecule has 6 nitrogen and oxygen atoms in total. The van der Waals surface area contributed by atoms with Crippen LogP contribution in [0.1, 0.15) is 76.4 Å². The van der Waals surface area contributed by atoms with Gasteiger partial charge in [-0.25, -0.2) is 4.98 Å². The van der Waals surface area contributed by atoms with Gasteiger partial charge < -0.3 is 14.5 Å². The van der Waals surface area contributed by atoms with Gasteiger partial charge in [0, 0.05) is 31.4 Å². The Hall–Kier alpha value is -3.19. The topological polar surface area (TPSA) is 62.7 Å². The molecule has 0 saturated heterocycles.